The Hall–Kier alpha value is -2.98. The first-order valence-corrected chi connectivity index (χ1v) is 11.8. The number of aliphatic carboxylic acids is 1. The maximum absolute atomic E-state index is 12.1. The number of carboxylic acids is 1. The molecule has 0 aromatic heterocycles. The van der Waals surface area contributed by atoms with Gasteiger partial charge in [-0.05, 0) is 22.3 Å². The Kier molecular flexibility index (Phi) is 11.5. The van der Waals surface area contributed by atoms with Crippen LogP contribution in [0, 0.1) is 0 Å². The molecule has 2 aromatic rings. The molecule has 1 amide bonds. The lowest BCUT2D eigenvalue weighted by Gasteiger charge is -2.14. The van der Waals surface area contributed by atoms with Gasteiger partial charge in [0.15, 0.2) is 0 Å². The van der Waals surface area contributed by atoms with Crippen LogP contribution in [0.1, 0.15) is 23.5 Å². The van der Waals surface area contributed by atoms with Crippen molar-refractivity contribution in [3.05, 3.63) is 59.7 Å². The Morgan fingerprint density at radius 3 is 1.74 bits per heavy atom. The number of carboxylic acid groups (broad SMARTS) is 1. The molecule has 2 aromatic carbocycles. The van der Waals surface area contributed by atoms with Crippen LogP contribution in [0.3, 0.4) is 0 Å². The lowest BCUT2D eigenvalue weighted by molar-refractivity contribution is -0.138. The summed E-state index contributed by atoms with van der Waals surface area (Å²) in [6.45, 7) is 3.59. The highest BCUT2D eigenvalue weighted by Crippen LogP contribution is 2.44. The number of ether oxygens (including phenoxy) is 5. The molecule has 0 saturated carbocycles. The number of hydrogen-bond donors (Lipinski definition) is 2. The molecule has 0 aliphatic heterocycles. The predicted molar refractivity (Wildman–Crippen MR) is 129 cm³/mol. The summed E-state index contributed by atoms with van der Waals surface area (Å²) in [5.41, 5.74) is 4.75. The molecular formula is C26H33NO8. The number of carbonyl (C=O) groups is 2. The van der Waals surface area contributed by atoms with E-state index in [-0.39, 0.29) is 25.6 Å². The molecule has 0 fully saturated rings. The Balaban J connectivity index is 1.17. The summed E-state index contributed by atoms with van der Waals surface area (Å²) in [4.78, 5) is 22.4. The molecule has 0 bridgehead atoms. The second-order valence-corrected chi connectivity index (χ2v) is 7.85. The average Bonchev–Trinajstić information content (AvgIpc) is 3.18. The minimum absolute atomic E-state index is 0.00960. The number of nitrogens with one attached hydrogen (secondary N) is 1. The highest BCUT2D eigenvalue weighted by atomic mass is 16.6. The second kappa shape index (κ2) is 15.1. The third-order valence-electron chi connectivity index (χ3n) is 5.44. The van der Waals surface area contributed by atoms with Gasteiger partial charge in [0.2, 0.25) is 0 Å². The van der Waals surface area contributed by atoms with E-state index >= 15 is 0 Å². The number of hydrogen-bond acceptors (Lipinski definition) is 7. The van der Waals surface area contributed by atoms with Crippen molar-refractivity contribution >= 4 is 12.1 Å². The van der Waals surface area contributed by atoms with Gasteiger partial charge in [-0.1, -0.05) is 48.5 Å². The van der Waals surface area contributed by atoms with Crippen LogP contribution >= 0.6 is 0 Å². The molecule has 190 valence electrons. The van der Waals surface area contributed by atoms with Crippen molar-refractivity contribution in [1.29, 1.82) is 0 Å². The zero-order valence-electron chi connectivity index (χ0n) is 19.8. The molecule has 0 atom stereocenters. The molecule has 35 heavy (non-hydrogen) atoms. The number of carbonyl (C=O) groups excluding carboxylic acids is 1. The van der Waals surface area contributed by atoms with Crippen LogP contribution in [0.2, 0.25) is 0 Å². The zero-order chi connectivity index (χ0) is 24.7. The van der Waals surface area contributed by atoms with Crippen molar-refractivity contribution < 1.29 is 38.4 Å². The Morgan fingerprint density at radius 1 is 0.714 bits per heavy atom. The third-order valence-corrected chi connectivity index (χ3v) is 5.44. The molecular weight excluding hydrogens is 454 g/mol. The van der Waals surface area contributed by atoms with E-state index in [2.05, 4.69) is 29.6 Å². The Labute approximate surface area is 205 Å². The molecule has 3 rings (SSSR count). The van der Waals surface area contributed by atoms with Crippen LogP contribution in [0.15, 0.2) is 48.5 Å². The Bertz CT molecular complexity index is 890. The summed E-state index contributed by atoms with van der Waals surface area (Å²) in [7, 11) is 0. The average molecular weight is 488 g/mol. The van der Waals surface area contributed by atoms with Gasteiger partial charge in [-0.15, -0.1) is 0 Å². The fraction of sp³-hybridized carbons (Fsp3) is 0.462. The number of amides is 1. The van der Waals surface area contributed by atoms with Crippen molar-refractivity contribution in [2.75, 3.05) is 66.0 Å². The van der Waals surface area contributed by atoms with Gasteiger partial charge < -0.3 is 34.1 Å². The van der Waals surface area contributed by atoms with Crippen molar-refractivity contribution in [2.45, 2.75) is 12.3 Å². The number of fused-ring (bicyclic) bond motifs is 3. The minimum Gasteiger partial charge on any atom is -0.481 e. The van der Waals surface area contributed by atoms with Gasteiger partial charge in [0, 0.05) is 12.5 Å². The monoisotopic (exact) mass is 487 g/mol. The van der Waals surface area contributed by atoms with E-state index < -0.39 is 12.1 Å². The number of alkyl carbamates (subject to hydrolysis) is 1. The van der Waals surface area contributed by atoms with Gasteiger partial charge in [0.25, 0.3) is 0 Å². The normalized spacial score (nSPS) is 12.2. The van der Waals surface area contributed by atoms with E-state index in [0.29, 0.717) is 52.8 Å². The van der Waals surface area contributed by atoms with Gasteiger partial charge in [-0.25, -0.2) is 4.79 Å². The molecule has 9 nitrogen and oxygen atoms in total. The second-order valence-electron chi connectivity index (χ2n) is 7.85. The summed E-state index contributed by atoms with van der Waals surface area (Å²) < 4.78 is 26.7. The quantitative estimate of drug-likeness (QED) is 0.328. The highest BCUT2D eigenvalue weighted by Gasteiger charge is 2.28. The first kappa shape index (κ1) is 26.6. The van der Waals surface area contributed by atoms with Crippen LogP contribution in [-0.2, 0) is 28.5 Å². The zero-order valence-corrected chi connectivity index (χ0v) is 19.8. The van der Waals surface area contributed by atoms with Crippen LogP contribution in [-0.4, -0.2) is 83.2 Å². The van der Waals surface area contributed by atoms with E-state index in [1.165, 1.54) is 22.3 Å². The van der Waals surface area contributed by atoms with Crippen molar-refractivity contribution in [3.8, 4) is 11.1 Å². The van der Waals surface area contributed by atoms with Gasteiger partial charge in [0.05, 0.1) is 59.3 Å². The summed E-state index contributed by atoms with van der Waals surface area (Å²) >= 11 is 0. The van der Waals surface area contributed by atoms with E-state index in [9.17, 15) is 9.59 Å². The maximum atomic E-state index is 12.1. The standard InChI is InChI=1S/C26H33NO8/c28-25(29)9-11-31-13-15-33-17-18-34-16-14-32-12-10-27-26(30)35-19-24-22-7-3-1-5-20(22)21-6-2-4-8-23(21)24/h1-8,24H,9-19H2,(H,27,30)(H,28,29). The summed E-state index contributed by atoms with van der Waals surface area (Å²) in [5.74, 6) is -0.843. The lowest BCUT2D eigenvalue weighted by Crippen LogP contribution is -2.29. The van der Waals surface area contributed by atoms with Gasteiger partial charge in [-0.2, -0.15) is 0 Å². The van der Waals surface area contributed by atoms with Crippen molar-refractivity contribution in [2.24, 2.45) is 0 Å². The summed E-state index contributed by atoms with van der Waals surface area (Å²) in [6.07, 6.45) is -0.472. The maximum Gasteiger partial charge on any atom is 0.407 e. The van der Waals surface area contributed by atoms with Crippen LogP contribution in [0.25, 0.3) is 11.1 Å². The molecule has 0 saturated heterocycles. The largest absolute Gasteiger partial charge is 0.481 e. The van der Waals surface area contributed by atoms with E-state index in [1.807, 2.05) is 24.3 Å². The third kappa shape index (κ3) is 8.95. The first-order valence-electron chi connectivity index (χ1n) is 11.8. The van der Waals surface area contributed by atoms with Crippen LogP contribution in [0.4, 0.5) is 4.79 Å². The van der Waals surface area contributed by atoms with E-state index in [0.717, 1.165) is 0 Å². The fourth-order valence-corrected chi connectivity index (χ4v) is 3.80. The molecule has 2 N–H and O–H groups in total. The summed E-state index contributed by atoms with van der Waals surface area (Å²) in [6, 6.07) is 16.4. The molecule has 9 heteroatoms. The topological polar surface area (TPSA) is 113 Å². The summed E-state index contributed by atoms with van der Waals surface area (Å²) in [5, 5.41) is 11.2. The minimum atomic E-state index is -0.880. The smallest absolute Gasteiger partial charge is 0.407 e. The van der Waals surface area contributed by atoms with E-state index in [4.69, 9.17) is 28.8 Å². The number of benzene rings is 2. The molecule has 0 radical (unpaired) electrons. The van der Waals surface area contributed by atoms with Gasteiger partial charge in [-0.3, -0.25) is 4.79 Å². The molecule has 1 aliphatic rings. The first-order chi connectivity index (χ1) is 17.2. The van der Waals surface area contributed by atoms with Crippen molar-refractivity contribution in [3.63, 3.8) is 0 Å². The highest BCUT2D eigenvalue weighted by molar-refractivity contribution is 5.79. The SMILES string of the molecule is O=C(O)CCOCCOCCOCCOCCNC(=O)OCC1c2ccccc2-c2ccccc21. The van der Waals surface area contributed by atoms with Gasteiger partial charge >= 0.3 is 12.1 Å². The predicted octanol–water partition coefficient (Wildman–Crippen LogP) is 3.07. The Morgan fingerprint density at radius 2 is 1.20 bits per heavy atom. The van der Waals surface area contributed by atoms with Crippen molar-refractivity contribution in [1.82, 2.24) is 5.32 Å². The lowest BCUT2D eigenvalue weighted by atomic mass is 9.98. The van der Waals surface area contributed by atoms with Gasteiger partial charge in [0.1, 0.15) is 6.61 Å². The van der Waals surface area contributed by atoms with E-state index in [1.54, 1.807) is 0 Å². The van der Waals surface area contributed by atoms with Crippen LogP contribution in [0.5, 0.6) is 0 Å². The fourth-order valence-electron chi connectivity index (χ4n) is 3.80. The van der Waals surface area contributed by atoms with Crippen LogP contribution < -0.4 is 5.32 Å². The molecule has 0 heterocycles. The molecule has 0 spiro atoms. The molecule has 0 unspecified atom stereocenters. The molecule has 1 aliphatic carbocycles. The number of rotatable bonds is 17.